The van der Waals surface area contributed by atoms with Crippen LogP contribution in [0.3, 0.4) is 0 Å². The average molecular weight is 738 g/mol. The Bertz CT molecular complexity index is 1160. The van der Waals surface area contributed by atoms with Crippen molar-refractivity contribution in [2.45, 2.75) is 128 Å². The first-order valence-corrected chi connectivity index (χ1v) is 20.7. The van der Waals surface area contributed by atoms with E-state index >= 15 is 0 Å². The zero-order valence-electron chi connectivity index (χ0n) is 26.5. The minimum absolute atomic E-state index is 0.0228. The third kappa shape index (κ3) is 4.47. The first-order valence-electron chi connectivity index (χ1n) is 18.2. The Labute approximate surface area is 276 Å². The standard InChI is InChI=1S/C36H50IO8/c38-29(32-7-23-2-24(8-32)10-34(40,9-23)15-32)42-17-31(18-43-30(39)33-11-27-13-35(41,16-33)14-28(12-33)37-27)19-44-36(45-20-31)25-3-21-1-22(5-25)6-26(36)4-21/h21-28,40-41H,1-20H2/q-1. The van der Waals surface area contributed by atoms with Crippen molar-refractivity contribution in [2.24, 2.45) is 51.8 Å². The molecule has 0 aromatic carbocycles. The number of alkyl halides is 2. The van der Waals surface area contributed by atoms with Gasteiger partial charge in [-0.3, -0.25) is 0 Å². The molecule has 3 saturated heterocycles. The Morgan fingerprint density at radius 3 is 1.58 bits per heavy atom. The van der Waals surface area contributed by atoms with Gasteiger partial charge in [0.1, 0.15) is 0 Å². The van der Waals surface area contributed by atoms with E-state index in [1.165, 1.54) is 32.1 Å². The van der Waals surface area contributed by atoms with Gasteiger partial charge < -0.3 is 5.11 Å². The molecule has 8 nitrogen and oxygen atoms in total. The van der Waals surface area contributed by atoms with E-state index in [1.54, 1.807) is 0 Å². The predicted molar refractivity (Wildman–Crippen MR) is 156 cm³/mol. The summed E-state index contributed by atoms with van der Waals surface area (Å²) in [4.78, 5) is 28.0. The molecule has 3 aliphatic heterocycles. The van der Waals surface area contributed by atoms with Crippen molar-refractivity contribution in [3.63, 3.8) is 0 Å². The second-order valence-corrected chi connectivity index (χ2v) is 22.8. The molecule has 0 aromatic rings. The summed E-state index contributed by atoms with van der Waals surface area (Å²) in [5.41, 5.74) is -3.39. The zero-order chi connectivity index (χ0) is 30.5. The van der Waals surface area contributed by atoms with E-state index in [2.05, 4.69) is 0 Å². The summed E-state index contributed by atoms with van der Waals surface area (Å²) in [5.74, 6) is 2.30. The van der Waals surface area contributed by atoms with Crippen LogP contribution in [-0.2, 0) is 28.5 Å². The van der Waals surface area contributed by atoms with Crippen molar-refractivity contribution in [3.05, 3.63) is 0 Å². The predicted octanol–water partition coefficient (Wildman–Crippen LogP) is 1.12. The quantitative estimate of drug-likeness (QED) is 0.238. The van der Waals surface area contributed by atoms with Crippen LogP contribution in [0.5, 0.6) is 0 Å². The molecule has 10 saturated carbocycles. The monoisotopic (exact) mass is 737 g/mol. The summed E-state index contributed by atoms with van der Waals surface area (Å²) in [6.07, 6.45) is 14.9. The average Bonchev–Trinajstić information content (AvgIpc) is 2.95. The Hall–Kier alpha value is -0.490. The number of carbonyl (C=O) groups excluding carboxylic acids is 2. The maximum absolute atomic E-state index is 14.0. The van der Waals surface area contributed by atoms with Gasteiger partial charge in [-0.25, -0.2) is 0 Å². The van der Waals surface area contributed by atoms with Crippen LogP contribution in [0.2, 0.25) is 0 Å². The Balaban J connectivity index is 0.882. The van der Waals surface area contributed by atoms with Crippen LogP contribution < -0.4 is 21.2 Å². The van der Waals surface area contributed by atoms with E-state index in [1.807, 2.05) is 0 Å². The molecule has 10 aliphatic carbocycles. The maximum atomic E-state index is 14.0. The van der Waals surface area contributed by atoms with Gasteiger partial charge in [0.2, 0.25) is 0 Å². The number of hydrogen-bond acceptors (Lipinski definition) is 8. The molecule has 45 heavy (non-hydrogen) atoms. The van der Waals surface area contributed by atoms with Crippen molar-refractivity contribution >= 4 is 11.9 Å². The molecule has 1 spiro atoms. The fourth-order valence-corrected chi connectivity index (χ4v) is 19.7. The SMILES string of the molecule is O=C(OCC1(COC(=O)C23CC4CC(O)(CC(C2)[I-]4)C3)COC2(OC1)C1CC3CC(C1)CC2C3)C12CC3CC(CC(O)(C3)C1)C2. The number of ether oxygens (including phenoxy) is 4. The Morgan fingerprint density at radius 2 is 1.09 bits per heavy atom. The van der Waals surface area contributed by atoms with E-state index < -0.39 is 33.2 Å². The summed E-state index contributed by atoms with van der Waals surface area (Å²) in [6.45, 7) is 0.902. The molecule has 4 unspecified atom stereocenters. The van der Waals surface area contributed by atoms with Crippen LogP contribution in [0.25, 0.3) is 0 Å². The first kappa shape index (κ1) is 29.4. The Morgan fingerprint density at radius 1 is 0.622 bits per heavy atom. The number of aliphatic hydroxyl groups is 2. The smallest absolute Gasteiger partial charge is 0.390 e. The topological polar surface area (TPSA) is 112 Å². The van der Waals surface area contributed by atoms with Crippen molar-refractivity contribution in [1.29, 1.82) is 0 Å². The van der Waals surface area contributed by atoms with Gasteiger partial charge >= 0.3 is 218 Å². The molecule has 0 aromatic heterocycles. The van der Waals surface area contributed by atoms with Gasteiger partial charge in [-0.15, -0.1) is 0 Å². The van der Waals surface area contributed by atoms with Crippen molar-refractivity contribution in [3.8, 4) is 0 Å². The third-order valence-corrected chi connectivity index (χ3v) is 18.6. The molecule has 3 heterocycles. The van der Waals surface area contributed by atoms with Gasteiger partial charge in [-0.05, 0) is 49.4 Å². The molecule has 2 N–H and O–H groups in total. The molecule has 13 fully saturated rings. The second kappa shape index (κ2) is 9.60. The Kier molecular flexibility index (Phi) is 6.28. The molecule has 13 aliphatic rings. The molecular formula is C36H50IO8-. The summed E-state index contributed by atoms with van der Waals surface area (Å²) in [5, 5.41) is 22.6. The van der Waals surface area contributed by atoms with E-state index in [0.717, 1.165) is 69.6 Å². The number of rotatable bonds is 6. The van der Waals surface area contributed by atoms with Crippen molar-refractivity contribution in [1.82, 2.24) is 0 Å². The van der Waals surface area contributed by atoms with E-state index in [-0.39, 0.29) is 46.4 Å². The molecule has 9 heteroatoms. The number of carbonyl (C=O) groups is 2. The van der Waals surface area contributed by atoms with Crippen LogP contribution in [0.15, 0.2) is 0 Å². The van der Waals surface area contributed by atoms with Gasteiger partial charge in [-0.1, -0.05) is 0 Å². The van der Waals surface area contributed by atoms with E-state index in [4.69, 9.17) is 18.9 Å². The number of hydrogen-bond donors (Lipinski definition) is 2. The van der Waals surface area contributed by atoms with Crippen LogP contribution in [0, 0.1) is 51.8 Å². The minimum atomic E-state index is -0.767. The van der Waals surface area contributed by atoms with Crippen LogP contribution in [0.1, 0.15) is 103 Å². The molecule has 0 amide bonds. The van der Waals surface area contributed by atoms with Crippen LogP contribution >= 0.6 is 0 Å². The summed E-state index contributed by atoms with van der Waals surface area (Å²) < 4.78 is 27.3. The van der Waals surface area contributed by atoms with Crippen LogP contribution in [-0.4, -0.2) is 73.4 Å². The third-order valence-electron chi connectivity index (χ3n) is 14.9. The minimum Gasteiger partial charge on any atom is -0.390 e. The van der Waals surface area contributed by atoms with Gasteiger partial charge in [0, 0.05) is 0 Å². The molecule has 13 rings (SSSR count). The van der Waals surface area contributed by atoms with Gasteiger partial charge in [-0.2, -0.15) is 0 Å². The normalized spacial score (nSPS) is 58.1. The molecule has 4 atom stereocenters. The molecule has 12 bridgehead atoms. The van der Waals surface area contributed by atoms with Crippen LogP contribution in [0.4, 0.5) is 0 Å². The van der Waals surface area contributed by atoms with Gasteiger partial charge in [0.25, 0.3) is 0 Å². The van der Waals surface area contributed by atoms with Gasteiger partial charge in [0.05, 0.1) is 5.60 Å². The number of halogens is 1. The first-order chi connectivity index (χ1) is 21.5. The summed E-state index contributed by atoms with van der Waals surface area (Å²) in [6, 6.07) is 0. The van der Waals surface area contributed by atoms with Gasteiger partial charge in [0.15, 0.2) is 0 Å². The molecular weight excluding hydrogens is 687 g/mol. The summed E-state index contributed by atoms with van der Waals surface area (Å²) >= 11 is 0.0228. The van der Waals surface area contributed by atoms with E-state index in [0.29, 0.717) is 57.6 Å². The van der Waals surface area contributed by atoms with Crippen molar-refractivity contribution < 1.29 is 60.0 Å². The fraction of sp³-hybridized carbons (Fsp3) is 0.944. The summed E-state index contributed by atoms with van der Waals surface area (Å²) in [7, 11) is 0. The number of esters is 2. The van der Waals surface area contributed by atoms with Crippen molar-refractivity contribution in [2.75, 3.05) is 26.4 Å². The van der Waals surface area contributed by atoms with E-state index in [9.17, 15) is 19.8 Å². The zero-order valence-corrected chi connectivity index (χ0v) is 28.6. The second-order valence-electron chi connectivity index (χ2n) is 18.5. The molecule has 0 radical (unpaired) electrons. The fourth-order valence-electron chi connectivity index (χ4n) is 13.9. The molecule has 250 valence electrons.